The van der Waals surface area contributed by atoms with Crippen molar-refractivity contribution in [2.24, 2.45) is 0 Å². The molecule has 0 aliphatic rings. The molecule has 0 rings (SSSR count). The SMILES string of the molecule is CCCCCCCCCCCCCCCC(=O)O[C@H](COC(=O)CCCCCCCCCC)COP(=O)(O)OC[C@@H](O)COP(=O)(O)OC[C@@H](COC(=O)CCCCCCCCC)OC(=O)CCCCCCCCCC. The van der Waals surface area contributed by atoms with Gasteiger partial charge in [0.05, 0.1) is 26.4 Å². The Morgan fingerprint density at radius 3 is 0.776 bits per heavy atom. The summed E-state index contributed by atoms with van der Waals surface area (Å²) in [5.41, 5.74) is 0. The fourth-order valence-corrected chi connectivity index (χ4v) is 9.98. The summed E-state index contributed by atoms with van der Waals surface area (Å²) in [6.45, 7) is 4.75. The molecule has 76 heavy (non-hydrogen) atoms. The van der Waals surface area contributed by atoms with Crippen LogP contribution < -0.4 is 0 Å². The molecule has 0 fully saturated rings. The van der Waals surface area contributed by atoms with Crippen LogP contribution in [0.5, 0.6) is 0 Å². The number of ether oxygens (including phenoxy) is 4. The Kier molecular flexibility index (Phi) is 51.1. The Bertz CT molecular complexity index is 1490. The van der Waals surface area contributed by atoms with Gasteiger partial charge in [0.1, 0.15) is 19.3 Å². The predicted octanol–water partition coefficient (Wildman–Crippen LogP) is 15.2. The average molecular weight is 1130 g/mol. The third-order valence-corrected chi connectivity index (χ3v) is 15.0. The number of hydrogen-bond acceptors (Lipinski definition) is 15. The van der Waals surface area contributed by atoms with E-state index >= 15 is 0 Å². The van der Waals surface area contributed by atoms with E-state index < -0.39 is 97.5 Å². The van der Waals surface area contributed by atoms with Gasteiger partial charge in [-0.1, -0.05) is 233 Å². The molecule has 5 atom stereocenters. The number of carbonyl (C=O) groups is 4. The molecule has 2 unspecified atom stereocenters. The van der Waals surface area contributed by atoms with Gasteiger partial charge in [0.2, 0.25) is 0 Å². The molecule has 0 saturated carbocycles. The lowest BCUT2D eigenvalue weighted by atomic mass is 10.0. The van der Waals surface area contributed by atoms with E-state index in [1.54, 1.807) is 0 Å². The summed E-state index contributed by atoms with van der Waals surface area (Å²) in [7, 11) is -9.86. The first-order valence-electron chi connectivity index (χ1n) is 30.3. The molecular weight excluding hydrogens is 1020 g/mol. The van der Waals surface area contributed by atoms with Gasteiger partial charge in [-0.25, -0.2) is 9.13 Å². The summed E-state index contributed by atoms with van der Waals surface area (Å²) >= 11 is 0. The van der Waals surface area contributed by atoms with E-state index in [1.807, 2.05) is 0 Å². The zero-order valence-electron chi connectivity index (χ0n) is 48.2. The van der Waals surface area contributed by atoms with Crippen molar-refractivity contribution in [3.8, 4) is 0 Å². The fraction of sp³-hybridized carbons (Fsp3) is 0.930. The Balaban J connectivity index is 5.18. The monoisotopic (exact) mass is 1130 g/mol. The Morgan fingerprint density at radius 2 is 0.526 bits per heavy atom. The zero-order chi connectivity index (χ0) is 56.2. The molecule has 0 amide bonds. The van der Waals surface area contributed by atoms with Gasteiger partial charge in [0.25, 0.3) is 0 Å². The summed E-state index contributed by atoms with van der Waals surface area (Å²) in [5.74, 6) is -2.15. The molecule has 0 aromatic rings. The van der Waals surface area contributed by atoms with Gasteiger partial charge in [-0.05, 0) is 25.7 Å². The topological polar surface area (TPSA) is 237 Å². The fourth-order valence-electron chi connectivity index (χ4n) is 8.40. The second-order valence-electron chi connectivity index (χ2n) is 20.7. The number of esters is 4. The number of hydrogen-bond donors (Lipinski definition) is 3. The molecule has 0 aromatic carbocycles. The number of carbonyl (C=O) groups excluding carboxylic acids is 4. The van der Waals surface area contributed by atoms with E-state index in [9.17, 15) is 43.2 Å². The van der Waals surface area contributed by atoms with Crippen LogP contribution in [0.3, 0.4) is 0 Å². The van der Waals surface area contributed by atoms with Gasteiger partial charge in [-0.3, -0.25) is 37.3 Å². The minimum atomic E-state index is -4.93. The van der Waals surface area contributed by atoms with Crippen molar-refractivity contribution in [1.82, 2.24) is 0 Å². The molecule has 0 aromatic heterocycles. The predicted molar refractivity (Wildman–Crippen MR) is 299 cm³/mol. The molecule has 3 N–H and O–H groups in total. The summed E-state index contributed by atoms with van der Waals surface area (Å²) in [6.07, 6.45) is 35.0. The normalized spacial score (nSPS) is 14.4. The zero-order valence-corrected chi connectivity index (χ0v) is 50.0. The van der Waals surface area contributed by atoms with Crippen molar-refractivity contribution < 1.29 is 80.2 Å². The van der Waals surface area contributed by atoms with Gasteiger partial charge in [0, 0.05) is 25.7 Å². The van der Waals surface area contributed by atoms with Crippen LogP contribution in [-0.2, 0) is 65.4 Å². The molecular formula is C57H110O17P2. The highest BCUT2D eigenvalue weighted by Crippen LogP contribution is 2.45. The van der Waals surface area contributed by atoms with Crippen molar-refractivity contribution in [1.29, 1.82) is 0 Å². The number of unbranched alkanes of at least 4 members (excludes halogenated alkanes) is 32. The number of phosphoric ester groups is 2. The Morgan fingerprint density at radius 1 is 0.316 bits per heavy atom. The van der Waals surface area contributed by atoms with E-state index in [0.29, 0.717) is 25.7 Å². The lowest BCUT2D eigenvalue weighted by Crippen LogP contribution is -2.30. The van der Waals surface area contributed by atoms with Crippen LogP contribution in [-0.4, -0.2) is 96.7 Å². The van der Waals surface area contributed by atoms with E-state index in [0.717, 1.165) is 116 Å². The standard InChI is InChI=1S/C57H110O17P2/c1-5-9-13-17-21-24-25-26-27-28-32-36-40-44-57(62)74-53(48-68-55(60)42-38-34-30-22-18-14-10-6-2)50-72-76(65,66)70-46-51(58)45-69-75(63,64)71-49-52(47-67-54(59)41-37-33-29-20-16-12-8-4)73-56(61)43-39-35-31-23-19-15-11-7-3/h51-53,58H,5-50H2,1-4H3,(H,63,64)(H,65,66)/t51-,52+,53+/m0/s1. The maximum Gasteiger partial charge on any atom is 0.472 e. The first-order valence-corrected chi connectivity index (χ1v) is 33.3. The van der Waals surface area contributed by atoms with Gasteiger partial charge in [0.15, 0.2) is 12.2 Å². The molecule has 0 bridgehead atoms. The van der Waals surface area contributed by atoms with Crippen LogP contribution >= 0.6 is 15.6 Å². The molecule has 0 heterocycles. The minimum Gasteiger partial charge on any atom is -0.462 e. The third-order valence-electron chi connectivity index (χ3n) is 13.1. The van der Waals surface area contributed by atoms with Crippen LogP contribution in [0.25, 0.3) is 0 Å². The molecule has 0 radical (unpaired) electrons. The first kappa shape index (κ1) is 74.1. The quantitative estimate of drug-likeness (QED) is 0.0222. The van der Waals surface area contributed by atoms with Gasteiger partial charge in [-0.2, -0.15) is 0 Å². The molecule has 450 valence electrons. The second-order valence-corrected chi connectivity index (χ2v) is 23.6. The third kappa shape index (κ3) is 51.5. The van der Waals surface area contributed by atoms with Crippen molar-refractivity contribution in [2.75, 3.05) is 39.6 Å². The highest BCUT2D eigenvalue weighted by molar-refractivity contribution is 7.47. The van der Waals surface area contributed by atoms with Crippen molar-refractivity contribution in [3.05, 3.63) is 0 Å². The number of rotatable bonds is 58. The second kappa shape index (κ2) is 52.4. The Hall–Kier alpha value is -1.94. The number of aliphatic hydroxyl groups excluding tert-OH is 1. The smallest absolute Gasteiger partial charge is 0.462 e. The first-order chi connectivity index (χ1) is 36.7. The van der Waals surface area contributed by atoms with Gasteiger partial charge >= 0.3 is 39.5 Å². The molecule has 0 saturated heterocycles. The minimum absolute atomic E-state index is 0.105. The lowest BCUT2D eigenvalue weighted by Gasteiger charge is -2.21. The number of aliphatic hydroxyl groups is 1. The van der Waals surface area contributed by atoms with Crippen LogP contribution in [0.2, 0.25) is 0 Å². The summed E-state index contributed by atoms with van der Waals surface area (Å²) in [4.78, 5) is 71.6. The van der Waals surface area contributed by atoms with Crippen molar-refractivity contribution in [3.63, 3.8) is 0 Å². The molecule has 19 heteroatoms. The van der Waals surface area contributed by atoms with Crippen LogP contribution in [0.15, 0.2) is 0 Å². The van der Waals surface area contributed by atoms with Crippen molar-refractivity contribution in [2.45, 2.75) is 303 Å². The van der Waals surface area contributed by atoms with Crippen LogP contribution in [0.4, 0.5) is 0 Å². The van der Waals surface area contributed by atoms with Gasteiger partial charge in [-0.15, -0.1) is 0 Å². The molecule has 0 aliphatic heterocycles. The van der Waals surface area contributed by atoms with E-state index in [-0.39, 0.29) is 25.7 Å². The van der Waals surface area contributed by atoms with Crippen molar-refractivity contribution >= 4 is 39.5 Å². The molecule has 0 spiro atoms. The average Bonchev–Trinajstić information content (AvgIpc) is 3.39. The van der Waals surface area contributed by atoms with E-state index in [2.05, 4.69) is 27.7 Å². The van der Waals surface area contributed by atoms with Gasteiger partial charge < -0.3 is 33.8 Å². The maximum atomic E-state index is 12.9. The highest BCUT2D eigenvalue weighted by Gasteiger charge is 2.30. The highest BCUT2D eigenvalue weighted by atomic mass is 31.2. The summed E-state index contributed by atoms with van der Waals surface area (Å²) in [5, 5.41) is 10.5. The van der Waals surface area contributed by atoms with E-state index in [1.165, 1.54) is 89.9 Å². The summed E-state index contributed by atoms with van der Waals surface area (Å²) in [6, 6.07) is 0. The van der Waals surface area contributed by atoms with Crippen LogP contribution in [0.1, 0.15) is 285 Å². The molecule has 0 aliphatic carbocycles. The molecule has 17 nitrogen and oxygen atoms in total. The number of phosphoric acid groups is 2. The largest absolute Gasteiger partial charge is 0.472 e. The maximum absolute atomic E-state index is 12.9. The van der Waals surface area contributed by atoms with E-state index in [4.69, 9.17) is 37.0 Å². The Labute approximate surface area is 460 Å². The van der Waals surface area contributed by atoms with Crippen LogP contribution in [0, 0.1) is 0 Å². The summed E-state index contributed by atoms with van der Waals surface area (Å²) < 4.78 is 67.5. The lowest BCUT2D eigenvalue weighted by molar-refractivity contribution is -0.161.